The van der Waals surface area contributed by atoms with Crippen LogP contribution in [-0.4, -0.2) is 31.6 Å². The highest BCUT2D eigenvalue weighted by molar-refractivity contribution is 7.98. The lowest BCUT2D eigenvalue weighted by Crippen LogP contribution is -2.29. The SMILES string of the molecule is COc1ccc(NC(=S)NCCCSCc2ccccc2F)cc1OC. The summed E-state index contributed by atoms with van der Waals surface area (Å²) < 4.78 is 24.0. The zero-order chi connectivity index (χ0) is 18.8. The van der Waals surface area contributed by atoms with Gasteiger partial charge in [0.15, 0.2) is 16.6 Å². The Hall–Kier alpha value is -1.99. The standard InChI is InChI=1S/C19H23FN2O2S2/c1-23-17-9-8-15(12-18(17)24-2)22-19(25)21-10-5-11-26-13-14-6-3-4-7-16(14)20/h3-4,6-9,12H,5,10-11,13H2,1-2H3,(H2,21,22,25). The van der Waals surface area contributed by atoms with Crippen molar-refractivity contribution >= 4 is 34.8 Å². The number of ether oxygens (including phenoxy) is 2. The number of hydrogen-bond donors (Lipinski definition) is 2. The molecule has 2 N–H and O–H groups in total. The van der Waals surface area contributed by atoms with Crippen LogP contribution >= 0.6 is 24.0 Å². The zero-order valence-corrected chi connectivity index (χ0v) is 16.5. The molecule has 0 unspecified atom stereocenters. The molecule has 0 saturated heterocycles. The molecule has 0 aliphatic rings. The molecule has 0 saturated carbocycles. The number of hydrogen-bond acceptors (Lipinski definition) is 4. The molecule has 2 rings (SSSR count). The summed E-state index contributed by atoms with van der Waals surface area (Å²) in [5, 5.41) is 6.84. The molecule has 0 aliphatic heterocycles. The van der Waals surface area contributed by atoms with Crippen LogP contribution in [0.1, 0.15) is 12.0 Å². The molecule has 2 aromatic carbocycles. The molecule has 26 heavy (non-hydrogen) atoms. The van der Waals surface area contributed by atoms with Crippen molar-refractivity contribution in [2.75, 3.05) is 31.8 Å². The second kappa shape index (κ2) is 10.9. The maximum absolute atomic E-state index is 13.5. The van der Waals surface area contributed by atoms with E-state index in [4.69, 9.17) is 21.7 Å². The van der Waals surface area contributed by atoms with Crippen molar-refractivity contribution in [3.05, 3.63) is 53.8 Å². The Bertz CT molecular complexity index is 728. The van der Waals surface area contributed by atoms with Crippen LogP contribution in [0.4, 0.5) is 10.1 Å². The third-order valence-electron chi connectivity index (χ3n) is 3.61. The lowest BCUT2D eigenvalue weighted by molar-refractivity contribution is 0.355. The predicted molar refractivity (Wildman–Crippen MR) is 111 cm³/mol. The molecule has 0 aromatic heterocycles. The molecule has 0 atom stereocenters. The van der Waals surface area contributed by atoms with E-state index in [0.717, 1.165) is 30.0 Å². The Morgan fingerprint density at radius 2 is 1.88 bits per heavy atom. The average molecular weight is 395 g/mol. The molecule has 0 spiro atoms. The number of halogens is 1. The van der Waals surface area contributed by atoms with Gasteiger partial charge in [-0.25, -0.2) is 4.39 Å². The van der Waals surface area contributed by atoms with Gasteiger partial charge in [-0.1, -0.05) is 18.2 Å². The van der Waals surface area contributed by atoms with Crippen LogP contribution in [-0.2, 0) is 5.75 Å². The number of thioether (sulfide) groups is 1. The lowest BCUT2D eigenvalue weighted by Gasteiger charge is -2.13. The average Bonchev–Trinajstić information content (AvgIpc) is 2.65. The number of rotatable bonds is 9. The van der Waals surface area contributed by atoms with Crippen molar-refractivity contribution < 1.29 is 13.9 Å². The van der Waals surface area contributed by atoms with Crippen LogP contribution in [0.5, 0.6) is 11.5 Å². The molecular weight excluding hydrogens is 371 g/mol. The minimum absolute atomic E-state index is 0.140. The number of thiocarbonyl (C=S) groups is 1. The quantitative estimate of drug-likeness (QED) is 0.484. The van der Waals surface area contributed by atoms with E-state index in [9.17, 15) is 4.39 Å². The van der Waals surface area contributed by atoms with Crippen molar-refractivity contribution in [1.29, 1.82) is 0 Å². The predicted octanol–water partition coefficient (Wildman–Crippen LogP) is 4.45. The minimum atomic E-state index is -0.140. The topological polar surface area (TPSA) is 42.5 Å². The Kier molecular flexibility index (Phi) is 8.50. The maximum atomic E-state index is 13.5. The number of anilines is 1. The summed E-state index contributed by atoms with van der Waals surface area (Å²) in [7, 11) is 3.19. The maximum Gasteiger partial charge on any atom is 0.170 e. The highest BCUT2D eigenvalue weighted by Gasteiger charge is 2.05. The Labute approximate surface area is 163 Å². The van der Waals surface area contributed by atoms with Crippen molar-refractivity contribution in [2.45, 2.75) is 12.2 Å². The first-order valence-corrected chi connectivity index (χ1v) is 9.78. The molecular formula is C19H23FN2O2S2. The van der Waals surface area contributed by atoms with Crippen LogP contribution in [0.15, 0.2) is 42.5 Å². The largest absolute Gasteiger partial charge is 0.493 e. The Morgan fingerprint density at radius 3 is 2.62 bits per heavy atom. The van der Waals surface area contributed by atoms with Crippen molar-refractivity contribution in [2.24, 2.45) is 0 Å². The first kappa shape index (κ1) is 20.3. The summed E-state index contributed by atoms with van der Waals surface area (Å²) in [4.78, 5) is 0. The fourth-order valence-electron chi connectivity index (χ4n) is 2.26. The number of methoxy groups -OCH3 is 2. The zero-order valence-electron chi connectivity index (χ0n) is 14.9. The highest BCUT2D eigenvalue weighted by atomic mass is 32.2. The summed E-state index contributed by atoms with van der Waals surface area (Å²) in [5.41, 5.74) is 1.57. The van der Waals surface area contributed by atoms with Gasteiger partial charge in [-0.3, -0.25) is 0 Å². The highest BCUT2D eigenvalue weighted by Crippen LogP contribution is 2.29. The van der Waals surface area contributed by atoms with E-state index in [1.165, 1.54) is 6.07 Å². The molecule has 0 fully saturated rings. The van der Waals surface area contributed by atoms with Crippen LogP contribution in [0.3, 0.4) is 0 Å². The second-order valence-corrected chi connectivity index (χ2v) is 6.96. The molecule has 2 aromatic rings. The van der Waals surface area contributed by atoms with Crippen molar-refractivity contribution in [3.8, 4) is 11.5 Å². The van der Waals surface area contributed by atoms with E-state index in [1.807, 2.05) is 30.3 Å². The summed E-state index contributed by atoms with van der Waals surface area (Å²) >= 11 is 7.01. The Morgan fingerprint density at radius 1 is 1.12 bits per heavy atom. The van der Waals surface area contributed by atoms with E-state index in [1.54, 1.807) is 32.0 Å². The Balaban J connectivity index is 1.65. The molecule has 4 nitrogen and oxygen atoms in total. The summed E-state index contributed by atoms with van der Waals surface area (Å²) in [6.45, 7) is 0.753. The van der Waals surface area contributed by atoms with Crippen LogP contribution in [0.25, 0.3) is 0 Å². The van der Waals surface area contributed by atoms with Gasteiger partial charge in [-0.05, 0) is 48.2 Å². The normalized spacial score (nSPS) is 10.3. The fourth-order valence-corrected chi connectivity index (χ4v) is 3.43. The van der Waals surface area contributed by atoms with Gasteiger partial charge in [0.25, 0.3) is 0 Å². The summed E-state index contributed by atoms with van der Waals surface area (Å²) in [6.07, 6.45) is 0.937. The first-order valence-electron chi connectivity index (χ1n) is 8.22. The van der Waals surface area contributed by atoms with Gasteiger partial charge in [-0.15, -0.1) is 0 Å². The minimum Gasteiger partial charge on any atom is -0.493 e. The molecule has 140 valence electrons. The van der Waals surface area contributed by atoms with E-state index in [0.29, 0.717) is 22.4 Å². The van der Waals surface area contributed by atoms with Gasteiger partial charge in [-0.2, -0.15) is 11.8 Å². The molecule has 0 bridgehead atoms. The van der Waals surface area contributed by atoms with Gasteiger partial charge in [0.05, 0.1) is 14.2 Å². The smallest absolute Gasteiger partial charge is 0.170 e. The molecule has 0 amide bonds. The summed E-state index contributed by atoms with van der Waals surface area (Å²) in [5.74, 6) is 2.79. The molecule has 0 radical (unpaired) electrons. The number of benzene rings is 2. The van der Waals surface area contributed by atoms with Gasteiger partial charge in [0.1, 0.15) is 5.82 Å². The number of nitrogens with one attached hydrogen (secondary N) is 2. The van der Waals surface area contributed by atoms with E-state index in [2.05, 4.69) is 10.6 Å². The van der Waals surface area contributed by atoms with Gasteiger partial charge >= 0.3 is 0 Å². The van der Waals surface area contributed by atoms with E-state index in [-0.39, 0.29) is 5.82 Å². The van der Waals surface area contributed by atoms with E-state index < -0.39 is 0 Å². The summed E-state index contributed by atoms with van der Waals surface area (Å²) in [6, 6.07) is 12.4. The van der Waals surface area contributed by atoms with E-state index >= 15 is 0 Å². The lowest BCUT2D eigenvalue weighted by atomic mass is 10.2. The second-order valence-electron chi connectivity index (χ2n) is 5.45. The molecule has 0 heterocycles. The third kappa shape index (κ3) is 6.38. The third-order valence-corrected chi connectivity index (χ3v) is 4.95. The fraction of sp³-hybridized carbons (Fsp3) is 0.316. The molecule has 0 aliphatic carbocycles. The first-order chi connectivity index (χ1) is 12.6. The van der Waals surface area contributed by atoms with Crippen LogP contribution in [0.2, 0.25) is 0 Å². The monoisotopic (exact) mass is 394 g/mol. The molecule has 7 heteroatoms. The van der Waals surface area contributed by atoms with Crippen molar-refractivity contribution in [1.82, 2.24) is 5.32 Å². The van der Waals surface area contributed by atoms with Crippen molar-refractivity contribution in [3.63, 3.8) is 0 Å². The van der Waals surface area contributed by atoms with Gasteiger partial charge < -0.3 is 20.1 Å². The van der Waals surface area contributed by atoms with Gasteiger partial charge in [0.2, 0.25) is 0 Å². The van der Waals surface area contributed by atoms with Crippen LogP contribution in [0, 0.1) is 5.82 Å². The van der Waals surface area contributed by atoms with Crippen LogP contribution < -0.4 is 20.1 Å². The van der Waals surface area contributed by atoms with Gasteiger partial charge in [0, 0.05) is 24.1 Å².